The number of hydrogen-bond acceptors (Lipinski definition) is 4. The standard InChI is InChI=1S/C22H32F2N4/c1-3-5-15(12-20(26)22(23)24)17-11-16(6-4-2)19(14-25)21(13-17)28-18-7-9-27-10-8-18/h4,6,11-15,18,22,27-28H,2-3,5,7-10,25-26H2,1H3/b16-6-,19-14+,20-12-. The van der Waals surface area contributed by atoms with E-state index >= 15 is 0 Å². The number of nitrogens with one attached hydrogen (secondary N) is 2. The van der Waals surface area contributed by atoms with E-state index < -0.39 is 6.43 Å². The molecule has 0 aliphatic carbocycles. The lowest BCUT2D eigenvalue weighted by atomic mass is 9.91. The smallest absolute Gasteiger partial charge is 0.277 e. The fourth-order valence-electron chi connectivity index (χ4n) is 3.63. The molecule has 2 rings (SSSR count). The van der Waals surface area contributed by atoms with Crippen molar-refractivity contribution in [3.05, 3.63) is 52.6 Å². The summed E-state index contributed by atoms with van der Waals surface area (Å²) >= 11 is 0. The monoisotopic (exact) mass is 390 g/mol. The van der Waals surface area contributed by atoms with Crippen LogP contribution in [0.4, 0.5) is 14.5 Å². The summed E-state index contributed by atoms with van der Waals surface area (Å²) in [5.74, 6) is -0.184. The minimum atomic E-state index is -2.65. The van der Waals surface area contributed by atoms with Gasteiger partial charge in [-0.3, -0.25) is 0 Å². The average molecular weight is 391 g/mol. The maximum Gasteiger partial charge on any atom is 0.277 e. The van der Waals surface area contributed by atoms with E-state index in [-0.39, 0.29) is 11.6 Å². The van der Waals surface area contributed by atoms with E-state index in [1.165, 1.54) is 6.08 Å². The lowest BCUT2D eigenvalue weighted by Crippen LogP contribution is -2.38. The van der Waals surface area contributed by atoms with E-state index in [0.717, 1.165) is 60.5 Å². The maximum atomic E-state index is 13.0. The molecular formula is C22H32F2N4. The molecule has 1 fully saturated rings. The van der Waals surface area contributed by atoms with Crippen LogP contribution < -0.4 is 32.5 Å². The molecule has 0 saturated carbocycles. The number of rotatable bonds is 8. The van der Waals surface area contributed by atoms with Crippen molar-refractivity contribution >= 4 is 18.0 Å². The van der Waals surface area contributed by atoms with Gasteiger partial charge in [0.25, 0.3) is 6.43 Å². The molecule has 4 nitrogen and oxygen atoms in total. The number of alkyl halides is 2. The predicted molar refractivity (Wildman–Crippen MR) is 114 cm³/mol. The molecule has 1 unspecified atom stereocenters. The van der Waals surface area contributed by atoms with Gasteiger partial charge in [-0.05, 0) is 49.2 Å². The molecule has 0 amide bonds. The second-order valence-corrected chi connectivity index (χ2v) is 7.17. The van der Waals surface area contributed by atoms with Crippen molar-refractivity contribution in [1.29, 1.82) is 0 Å². The van der Waals surface area contributed by atoms with E-state index in [1.807, 2.05) is 25.1 Å². The zero-order valence-corrected chi connectivity index (χ0v) is 16.6. The Balaban J connectivity index is 2.55. The second-order valence-electron chi connectivity index (χ2n) is 7.17. The second kappa shape index (κ2) is 10.9. The first-order valence-corrected chi connectivity index (χ1v) is 9.91. The molecule has 1 atom stereocenters. The van der Waals surface area contributed by atoms with Gasteiger partial charge in [0.05, 0.1) is 5.70 Å². The summed E-state index contributed by atoms with van der Waals surface area (Å²) in [4.78, 5) is 0. The largest absolute Gasteiger partial charge is 0.404 e. The number of hydrogen-bond donors (Lipinski definition) is 4. The van der Waals surface area contributed by atoms with Gasteiger partial charge in [0, 0.05) is 29.1 Å². The van der Waals surface area contributed by atoms with Crippen LogP contribution >= 0.6 is 0 Å². The van der Waals surface area contributed by atoms with Crippen LogP contribution in [-0.2, 0) is 0 Å². The van der Waals surface area contributed by atoms with Gasteiger partial charge in [-0.2, -0.15) is 0 Å². The summed E-state index contributed by atoms with van der Waals surface area (Å²) in [5, 5.41) is 8.77. The number of nitrogens with two attached hydrogens (primary N) is 2. The highest BCUT2D eigenvalue weighted by Crippen LogP contribution is 2.25. The Hall–Kier alpha value is -2.34. The average Bonchev–Trinajstić information content (AvgIpc) is 2.68. The van der Waals surface area contributed by atoms with Crippen molar-refractivity contribution in [2.75, 3.05) is 18.4 Å². The lowest BCUT2D eigenvalue weighted by molar-refractivity contribution is 0.187. The fourth-order valence-corrected chi connectivity index (χ4v) is 3.63. The van der Waals surface area contributed by atoms with Gasteiger partial charge in [0.2, 0.25) is 0 Å². The van der Waals surface area contributed by atoms with Gasteiger partial charge in [0.15, 0.2) is 0 Å². The molecule has 0 aromatic heterocycles. The highest BCUT2D eigenvalue weighted by Gasteiger charge is 2.17. The number of benzene rings is 1. The van der Waals surface area contributed by atoms with Gasteiger partial charge in [-0.25, -0.2) is 8.78 Å². The van der Waals surface area contributed by atoms with Crippen LogP contribution in [0, 0.1) is 0 Å². The van der Waals surface area contributed by atoms with Crippen molar-refractivity contribution < 1.29 is 8.78 Å². The van der Waals surface area contributed by atoms with Crippen LogP contribution in [0.5, 0.6) is 0 Å². The minimum absolute atomic E-state index is 0.184. The molecular weight excluding hydrogens is 358 g/mol. The molecule has 1 aromatic rings. The van der Waals surface area contributed by atoms with Gasteiger partial charge in [-0.15, -0.1) is 0 Å². The molecule has 0 bridgehead atoms. The summed E-state index contributed by atoms with van der Waals surface area (Å²) in [6.45, 7) is 7.76. The highest BCUT2D eigenvalue weighted by atomic mass is 19.3. The number of anilines is 1. The summed E-state index contributed by atoms with van der Waals surface area (Å²) in [5.41, 5.74) is 13.0. The van der Waals surface area contributed by atoms with Crippen molar-refractivity contribution in [3.8, 4) is 0 Å². The molecule has 0 radical (unpaired) electrons. The Labute approximate surface area is 166 Å². The molecule has 1 heterocycles. The van der Waals surface area contributed by atoms with Crippen LogP contribution in [-0.4, -0.2) is 25.6 Å². The molecule has 1 saturated heterocycles. The van der Waals surface area contributed by atoms with Crippen molar-refractivity contribution in [2.45, 2.75) is 51.0 Å². The zero-order valence-electron chi connectivity index (χ0n) is 16.6. The number of halogens is 2. The van der Waals surface area contributed by atoms with E-state index in [4.69, 9.17) is 11.5 Å². The van der Waals surface area contributed by atoms with Gasteiger partial charge in [-0.1, -0.05) is 44.2 Å². The van der Waals surface area contributed by atoms with Crippen LogP contribution in [0.2, 0.25) is 0 Å². The van der Waals surface area contributed by atoms with Gasteiger partial charge < -0.3 is 22.1 Å². The van der Waals surface area contributed by atoms with E-state index in [1.54, 1.807) is 12.3 Å². The normalized spacial score (nSPS) is 18.5. The van der Waals surface area contributed by atoms with Crippen molar-refractivity contribution in [3.63, 3.8) is 0 Å². The Morgan fingerprint density at radius 2 is 2.07 bits per heavy atom. The Kier molecular flexibility index (Phi) is 8.51. The van der Waals surface area contributed by atoms with Crippen LogP contribution in [0.15, 0.2) is 36.6 Å². The Morgan fingerprint density at radius 1 is 1.36 bits per heavy atom. The molecule has 6 heteroatoms. The lowest BCUT2D eigenvalue weighted by Gasteiger charge is -2.26. The number of allylic oxidation sites excluding steroid dienone is 3. The predicted octanol–water partition coefficient (Wildman–Crippen LogP) is 2.51. The molecule has 1 aliphatic heterocycles. The molecule has 6 N–H and O–H groups in total. The molecule has 28 heavy (non-hydrogen) atoms. The molecule has 154 valence electrons. The Bertz CT molecular complexity index is 795. The first-order chi connectivity index (χ1) is 13.5. The quantitative estimate of drug-likeness (QED) is 0.550. The third kappa shape index (κ3) is 5.83. The SMILES string of the molecule is C=C/C=c1/cc(C(/C=C(\N)C(F)F)CCC)cc(NC2CCNCC2)/c1=C/N. The Morgan fingerprint density at radius 3 is 2.64 bits per heavy atom. The third-order valence-corrected chi connectivity index (χ3v) is 5.07. The summed E-state index contributed by atoms with van der Waals surface area (Å²) in [6.07, 6.45) is 7.65. The van der Waals surface area contributed by atoms with E-state index in [9.17, 15) is 8.78 Å². The van der Waals surface area contributed by atoms with E-state index in [2.05, 4.69) is 17.2 Å². The van der Waals surface area contributed by atoms with Gasteiger partial charge in [0.1, 0.15) is 0 Å². The molecule has 1 aliphatic rings. The first kappa shape index (κ1) is 22.0. The summed E-state index contributed by atoms with van der Waals surface area (Å²) in [7, 11) is 0. The maximum absolute atomic E-state index is 13.0. The molecule has 1 aromatic carbocycles. The van der Waals surface area contributed by atoms with E-state index in [0.29, 0.717) is 6.04 Å². The number of piperidine rings is 1. The zero-order chi connectivity index (χ0) is 20.5. The first-order valence-electron chi connectivity index (χ1n) is 9.91. The topological polar surface area (TPSA) is 76.1 Å². The highest BCUT2D eigenvalue weighted by molar-refractivity contribution is 5.55. The third-order valence-electron chi connectivity index (χ3n) is 5.07. The minimum Gasteiger partial charge on any atom is -0.404 e. The van der Waals surface area contributed by atoms with Crippen LogP contribution in [0.25, 0.3) is 12.3 Å². The summed E-state index contributed by atoms with van der Waals surface area (Å²) < 4.78 is 26.0. The van der Waals surface area contributed by atoms with Crippen molar-refractivity contribution in [1.82, 2.24) is 5.32 Å². The fraction of sp³-hybridized carbons (Fsp3) is 0.455. The molecule has 0 spiro atoms. The summed E-state index contributed by atoms with van der Waals surface area (Å²) in [6, 6.07) is 4.36. The van der Waals surface area contributed by atoms with Crippen molar-refractivity contribution in [2.24, 2.45) is 11.5 Å². The van der Waals surface area contributed by atoms with Gasteiger partial charge >= 0.3 is 0 Å². The van der Waals surface area contributed by atoms with Crippen LogP contribution in [0.3, 0.4) is 0 Å². The van der Waals surface area contributed by atoms with Crippen LogP contribution in [0.1, 0.15) is 44.1 Å².